The molecule has 3 aromatic heterocycles. The van der Waals surface area contributed by atoms with Gasteiger partial charge in [0, 0.05) is 25.1 Å². The number of aromatic nitrogens is 8. The number of methoxy groups -OCH3 is 2. The minimum Gasteiger partial charge on any atom is -0.468 e. The Morgan fingerprint density at radius 3 is 2.39 bits per heavy atom. The summed E-state index contributed by atoms with van der Waals surface area (Å²) < 4.78 is 14.4. The average Bonchev–Trinajstić information content (AvgIpc) is 3.73. The Labute approximate surface area is 252 Å². The normalized spacial score (nSPS) is 13.9. The highest BCUT2D eigenvalue weighted by atomic mass is 16.5. The molecule has 5 aromatic rings. The van der Waals surface area contributed by atoms with E-state index < -0.39 is 17.2 Å². The number of imidazole rings is 1. The number of hydrogen-bond acceptors (Lipinski definition) is 9. The second kappa shape index (κ2) is 12.8. The standard InChI is InChI=1S/C31H34N8O5/c1-43-17-16-37-30(41)26-29(39(31(37)42)19-25(40)44-2)32-28(22-8-4-3-5-9-22)38(26)18-20-12-14-21(15-13-20)23-10-6-7-11-24(23)27-33-35-36-34-27/h6-7,10-15,22H,3-5,8-9,16-19H2,1-2H3,(H,33,34,35,36). The molecule has 3 heterocycles. The first-order chi connectivity index (χ1) is 21.5. The fourth-order valence-electron chi connectivity index (χ4n) is 6.03. The molecule has 0 unspecified atom stereocenters. The summed E-state index contributed by atoms with van der Waals surface area (Å²) in [7, 11) is 2.77. The van der Waals surface area contributed by atoms with Crippen molar-refractivity contribution in [3.8, 4) is 22.5 Å². The quantitative estimate of drug-likeness (QED) is 0.239. The number of tetrazole rings is 1. The Kier molecular flexibility index (Phi) is 8.46. The van der Waals surface area contributed by atoms with Gasteiger partial charge in [-0.25, -0.2) is 9.78 Å². The third kappa shape index (κ3) is 5.57. The summed E-state index contributed by atoms with van der Waals surface area (Å²) in [6, 6.07) is 15.9. The first-order valence-electron chi connectivity index (χ1n) is 14.7. The van der Waals surface area contributed by atoms with Crippen LogP contribution >= 0.6 is 0 Å². The van der Waals surface area contributed by atoms with Gasteiger partial charge in [0.25, 0.3) is 5.56 Å². The highest BCUT2D eigenvalue weighted by molar-refractivity contribution is 5.80. The van der Waals surface area contributed by atoms with Gasteiger partial charge in [0.15, 0.2) is 11.2 Å². The van der Waals surface area contributed by atoms with Crippen LogP contribution in [0.3, 0.4) is 0 Å². The van der Waals surface area contributed by atoms with E-state index in [9.17, 15) is 14.4 Å². The number of H-pyrrole nitrogens is 1. The van der Waals surface area contributed by atoms with Crippen LogP contribution in [0.25, 0.3) is 33.7 Å². The van der Waals surface area contributed by atoms with Crippen LogP contribution in [0.4, 0.5) is 0 Å². The van der Waals surface area contributed by atoms with Crippen molar-refractivity contribution in [2.75, 3.05) is 20.8 Å². The first-order valence-corrected chi connectivity index (χ1v) is 14.7. The number of esters is 1. The Bertz CT molecular complexity index is 1880. The predicted octanol–water partition coefficient (Wildman–Crippen LogP) is 3.12. The number of fused-ring (bicyclic) bond motifs is 1. The van der Waals surface area contributed by atoms with Crippen LogP contribution in [0.5, 0.6) is 0 Å². The molecule has 0 bridgehead atoms. The molecule has 13 nitrogen and oxygen atoms in total. The van der Waals surface area contributed by atoms with Crippen molar-refractivity contribution in [2.24, 2.45) is 0 Å². The number of ether oxygens (including phenoxy) is 2. The Hall–Kier alpha value is -4.91. The molecule has 1 aliphatic rings. The van der Waals surface area contributed by atoms with Gasteiger partial charge in [-0.1, -0.05) is 67.8 Å². The second-order valence-electron chi connectivity index (χ2n) is 10.9. The average molecular weight is 599 g/mol. The summed E-state index contributed by atoms with van der Waals surface area (Å²) in [4.78, 5) is 44.8. The van der Waals surface area contributed by atoms with Crippen molar-refractivity contribution >= 4 is 17.1 Å². The minimum atomic E-state index is -0.616. The second-order valence-corrected chi connectivity index (χ2v) is 10.9. The summed E-state index contributed by atoms with van der Waals surface area (Å²) in [5, 5.41) is 14.5. The molecular weight excluding hydrogens is 564 g/mol. The van der Waals surface area contributed by atoms with Crippen molar-refractivity contribution in [2.45, 2.75) is 57.7 Å². The van der Waals surface area contributed by atoms with Crippen LogP contribution in [0.2, 0.25) is 0 Å². The molecule has 0 aliphatic heterocycles. The van der Waals surface area contributed by atoms with Crippen LogP contribution in [-0.4, -0.2) is 66.1 Å². The molecule has 1 N–H and O–H groups in total. The van der Waals surface area contributed by atoms with Crippen molar-refractivity contribution < 1.29 is 14.3 Å². The Morgan fingerprint density at radius 1 is 0.955 bits per heavy atom. The molecule has 6 rings (SSSR count). The molecule has 44 heavy (non-hydrogen) atoms. The van der Waals surface area contributed by atoms with Gasteiger partial charge in [-0.15, -0.1) is 10.2 Å². The fraction of sp³-hybridized carbons (Fsp3) is 0.387. The molecule has 1 aliphatic carbocycles. The van der Waals surface area contributed by atoms with Gasteiger partial charge in [0.1, 0.15) is 12.4 Å². The number of aromatic amines is 1. The molecular formula is C31H34N8O5. The molecule has 0 atom stereocenters. The van der Waals surface area contributed by atoms with Gasteiger partial charge in [0.05, 0.1) is 20.3 Å². The fourth-order valence-corrected chi connectivity index (χ4v) is 6.03. The van der Waals surface area contributed by atoms with E-state index >= 15 is 0 Å². The van der Waals surface area contributed by atoms with Crippen molar-refractivity contribution in [3.63, 3.8) is 0 Å². The number of nitrogens with zero attached hydrogens (tertiary/aromatic N) is 7. The van der Waals surface area contributed by atoms with E-state index in [0.717, 1.165) is 64.7 Å². The first kappa shape index (κ1) is 29.2. The van der Waals surface area contributed by atoms with Crippen molar-refractivity contribution in [3.05, 3.63) is 80.8 Å². The number of carbonyl (C=O) groups excluding carboxylic acids is 1. The van der Waals surface area contributed by atoms with E-state index in [1.807, 2.05) is 53.1 Å². The smallest absolute Gasteiger partial charge is 0.333 e. The SMILES string of the molecule is COCCn1c(=O)c2c(nc(C3CCCCC3)n2Cc2ccc(-c3ccccc3-c3nn[nH]n3)cc2)n(CC(=O)OC)c1=O. The van der Waals surface area contributed by atoms with E-state index in [4.69, 9.17) is 14.5 Å². The van der Waals surface area contributed by atoms with Gasteiger partial charge in [-0.05, 0) is 34.7 Å². The molecule has 13 heteroatoms. The summed E-state index contributed by atoms with van der Waals surface area (Å²) in [5.41, 5.74) is 3.17. The number of nitrogens with one attached hydrogen (secondary N) is 1. The summed E-state index contributed by atoms with van der Waals surface area (Å²) in [5.74, 6) is 0.793. The van der Waals surface area contributed by atoms with Crippen LogP contribution < -0.4 is 11.2 Å². The molecule has 0 spiro atoms. The third-order valence-corrected chi connectivity index (χ3v) is 8.27. The zero-order chi connectivity index (χ0) is 30.6. The Balaban J connectivity index is 1.47. The molecule has 2 aromatic carbocycles. The Morgan fingerprint density at radius 2 is 1.70 bits per heavy atom. The zero-order valence-corrected chi connectivity index (χ0v) is 24.7. The predicted molar refractivity (Wildman–Crippen MR) is 162 cm³/mol. The highest BCUT2D eigenvalue weighted by Gasteiger charge is 2.28. The molecule has 0 saturated heterocycles. The van der Waals surface area contributed by atoms with E-state index in [1.54, 1.807) is 0 Å². The molecule has 0 radical (unpaired) electrons. The molecule has 1 fully saturated rings. The van der Waals surface area contributed by atoms with Crippen molar-refractivity contribution in [1.82, 2.24) is 39.3 Å². The van der Waals surface area contributed by atoms with E-state index in [2.05, 4.69) is 20.6 Å². The topological polar surface area (TPSA) is 152 Å². The molecule has 1 saturated carbocycles. The summed E-state index contributed by atoms with van der Waals surface area (Å²) in [6.07, 6.45) is 5.16. The number of hydrogen-bond donors (Lipinski definition) is 1. The van der Waals surface area contributed by atoms with Crippen LogP contribution in [0.15, 0.2) is 58.1 Å². The van der Waals surface area contributed by atoms with Crippen LogP contribution in [-0.2, 0) is 33.9 Å². The lowest BCUT2D eigenvalue weighted by Gasteiger charge is -2.22. The van der Waals surface area contributed by atoms with E-state index in [0.29, 0.717) is 12.4 Å². The monoisotopic (exact) mass is 598 g/mol. The number of rotatable bonds is 10. The van der Waals surface area contributed by atoms with Gasteiger partial charge >= 0.3 is 11.7 Å². The lowest BCUT2D eigenvalue weighted by molar-refractivity contribution is -0.141. The summed E-state index contributed by atoms with van der Waals surface area (Å²) >= 11 is 0. The van der Waals surface area contributed by atoms with Gasteiger partial charge < -0.3 is 14.0 Å². The van der Waals surface area contributed by atoms with Crippen LogP contribution in [0.1, 0.15) is 49.4 Å². The highest BCUT2D eigenvalue weighted by Crippen LogP contribution is 2.34. The number of benzene rings is 2. The van der Waals surface area contributed by atoms with E-state index in [-0.39, 0.29) is 36.8 Å². The maximum Gasteiger partial charge on any atom is 0.333 e. The minimum absolute atomic E-state index is 0.0453. The summed E-state index contributed by atoms with van der Waals surface area (Å²) in [6.45, 7) is 0.221. The van der Waals surface area contributed by atoms with Crippen molar-refractivity contribution in [1.29, 1.82) is 0 Å². The lowest BCUT2D eigenvalue weighted by Crippen LogP contribution is -2.42. The maximum atomic E-state index is 14.0. The number of carbonyl (C=O) groups is 1. The van der Waals surface area contributed by atoms with Gasteiger partial charge in [-0.2, -0.15) is 5.21 Å². The van der Waals surface area contributed by atoms with E-state index in [1.165, 1.54) is 18.8 Å². The van der Waals surface area contributed by atoms with Gasteiger partial charge in [-0.3, -0.25) is 18.7 Å². The third-order valence-electron chi connectivity index (χ3n) is 8.27. The zero-order valence-electron chi connectivity index (χ0n) is 24.7. The largest absolute Gasteiger partial charge is 0.468 e. The maximum absolute atomic E-state index is 14.0. The van der Waals surface area contributed by atoms with Crippen LogP contribution in [0, 0.1) is 0 Å². The lowest BCUT2D eigenvalue weighted by atomic mass is 9.88. The molecule has 0 amide bonds. The molecule has 228 valence electrons. The van der Waals surface area contributed by atoms with Gasteiger partial charge in [0.2, 0.25) is 5.82 Å².